The summed E-state index contributed by atoms with van der Waals surface area (Å²) in [5, 5.41) is 4.10. The maximum Gasteiger partial charge on any atom is 0.228 e. The topological polar surface area (TPSA) is 77.7 Å². The van der Waals surface area contributed by atoms with Crippen molar-refractivity contribution in [2.45, 2.75) is 32.2 Å². The lowest BCUT2D eigenvalue weighted by Crippen LogP contribution is -2.36. The van der Waals surface area contributed by atoms with E-state index in [1.165, 1.54) is 0 Å². The second-order valence-corrected chi connectivity index (χ2v) is 7.72. The van der Waals surface area contributed by atoms with Crippen LogP contribution in [0.1, 0.15) is 37.3 Å². The molecule has 31 heavy (non-hydrogen) atoms. The Morgan fingerprint density at radius 3 is 2.55 bits per heavy atom. The summed E-state index contributed by atoms with van der Waals surface area (Å²) in [5.74, 6) is 2.57. The third kappa shape index (κ3) is 4.71. The zero-order valence-electron chi connectivity index (χ0n) is 18.1. The maximum atomic E-state index is 12.9. The molecule has 0 aliphatic heterocycles. The van der Waals surface area contributed by atoms with Gasteiger partial charge in [-0.05, 0) is 43.5 Å². The number of benzene rings is 2. The van der Waals surface area contributed by atoms with Gasteiger partial charge in [-0.25, -0.2) is 0 Å². The number of amides is 1. The van der Waals surface area contributed by atoms with E-state index >= 15 is 0 Å². The molecule has 0 bridgehead atoms. The Bertz CT molecular complexity index is 1030. The van der Waals surface area contributed by atoms with Gasteiger partial charge < -0.3 is 18.9 Å². The van der Waals surface area contributed by atoms with E-state index in [1.54, 1.807) is 14.2 Å². The molecule has 0 saturated heterocycles. The molecule has 1 saturated carbocycles. The Balaban J connectivity index is 1.48. The van der Waals surface area contributed by atoms with Crippen molar-refractivity contribution in [3.8, 4) is 22.9 Å². The molecule has 4 rings (SSSR count). The average Bonchev–Trinajstić information content (AvgIpc) is 3.57. The first kappa shape index (κ1) is 20.9. The van der Waals surface area contributed by atoms with Crippen LogP contribution < -0.4 is 9.47 Å². The van der Waals surface area contributed by atoms with Gasteiger partial charge in [0.1, 0.15) is 0 Å². The van der Waals surface area contributed by atoms with Gasteiger partial charge in [-0.2, -0.15) is 4.98 Å². The molecule has 1 fully saturated rings. The van der Waals surface area contributed by atoms with E-state index in [9.17, 15) is 4.79 Å². The van der Waals surface area contributed by atoms with Crippen LogP contribution in [0.2, 0.25) is 0 Å². The molecule has 0 spiro atoms. The Kier molecular flexibility index (Phi) is 6.21. The first-order valence-corrected chi connectivity index (χ1v) is 10.5. The minimum absolute atomic E-state index is 0.0115. The predicted molar refractivity (Wildman–Crippen MR) is 116 cm³/mol. The van der Waals surface area contributed by atoms with Crippen molar-refractivity contribution >= 4 is 5.91 Å². The first-order valence-electron chi connectivity index (χ1n) is 10.5. The number of aromatic nitrogens is 2. The minimum atomic E-state index is -0.0115. The molecule has 2 aromatic carbocycles. The summed E-state index contributed by atoms with van der Waals surface area (Å²) in [6.07, 6.45) is 2.44. The molecule has 162 valence electrons. The predicted octanol–water partition coefficient (Wildman–Crippen LogP) is 4.30. The van der Waals surface area contributed by atoms with Crippen molar-refractivity contribution in [1.29, 1.82) is 0 Å². The molecule has 1 unspecified atom stereocenters. The van der Waals surface area contributed by atoms with Gasteiger partial charge in [-0.15, -0.1) is 0 Å². The zero-order valence-corrected chi connectivity index (χ0v) is 18.1. The number of methoxy groups -OCH3 is 2. The summed E-state index contributed by atoms with van der Waals surface area (Å²) in [4.78, 5) is 19.4. The SMILES string of the molecule is COc1ccc(-c2noc(CCN(C(=O)C3CC3)C(C)c3ccccc3)n2)cc1OC. The highest BCUT2D eigenvalue weighted by molar-refractivity contribution is 5.81. The fourth-order valence-corrected chi connectivity index (χ4v) is 3.64. The fourth-order valence-electron chi connectivity index (χ4n) is 3.64. The van der Waals surface area contributed by atoms with Gasteiger partial charge in [0.2, 0.25) is 17.6 Å². The largest absolute Gasteiger partial charge is 0.493 e. The quantitative estimate of drug-likeness (QED) is 0.513. The monoisotopic (exact) mass is 421 g/mol. The Labute approximate surface area is 182 Å². The normalized spacial score (nSPS) is 14.2. The number of ether oxygens (including phenoxy) is 2. The van der Waals surface area contributed by atoms with Crippen LogP contribution in [0.25, 0.3) is 11.4 Å². The standard InChI is InChI=1S/C24H27N3O4/c1-16(17-7-5-4-6-8-17)27(24(28)18-9-10-18)14-13-22-25-23(26-31-22)19-11-12-20(29-2)21(15-19)30-3/h4-8,11-12,15-16,18H,9-10,13-14H2,1-3H3. The van der Waals surface area contributed by atoms with E-state index in [0.717, 1.165) is 24.0 Å². The molecule has 1 heterocycles. The molecule has 1 aromatic heterocycles. The lowest BCUT2D eigenvalue weighted by atomic mass is 10.1. The minimum Gasteiger partial charge on any atom is -0.493 e. The highest BCUT2D eigenvalue weighted by atomic mass is 16.5. The zero-order chi connectivity index (χ0) is 21.8. The highest BCUT2D eigenvalue weighted by Gasteiger charge is 2.35. The molecule has 1 aliphatic rings. The average molecular weight is 421 g/mol. The van der Waals surface area contributed by atoms with E-state index in [2.05, 4.69) is 29.2 Å². The lowest BCUT2D eigenvalue weighted by molar-refractivity contribution is -0.134. The second-order valence-electron chi connectivity index (χ2n) is 7.72. The summed E-state index contributed by atoms with van der Waals surface area (Å²) >= 11 is 0. The van der Waals surface area contributed by atoms with Gasteiger partial charge in [-0.3, -0.25) is 4.79 Å². The number of carbonyl (C=O) groups is 1. The van der Waals surface area contributed by atoms with Gasteiger partial charge in [0, 0.05) is 24.4 Å². The lowest BCUT2D eigenvalue weighted by Gasteiger charge is -2.29. The molecule has 0 radical (unpaired) electrons. The Hall–Kier alpha value is -3.35. The molecule has 1 amide bonds. The van der Waals surface area contributed by atoms with Gasteiger partial charge in [-0.1, -0.05) is 35.5 Å². The van der Waals surface area contributed by atoms with Crippen molar-refractivity contribution in [1.82, 2.24) is 15.0 Å². The molecule has 7 nitrogen and oxygen atoms in total. The highest BCUT2D eigenvalue weighted by Crippen LogP contribution is 2.34. The van der Waals surface area contributed by atoms with Crippen LogP contribution in [-0.2, 0) is 11.2 Å². The van der Waals surface area contributed by atoms with Crippen molar-refractivity contribution in [3.05, 3.63) is 60.0 Å². The van der Waals surface area contributed by atoms with Crippen LogP contribution in [0.3, 0.4) is 0 Å². The second kappa shape index (κ2) is 9.20. The summed E-state index contributed by atoms with van der Waals surface area (Å²) in [7, 11) is 3.18. The number of hydrogen-bond acceptors (Lipinski definition) is 6. The van der Waals surface area contributed by atoms with Gasteiger partial charge >= 0.3 is 0 Å². The van der Waals surface area contributed by atoms with Crippen LogP contribution >= 0.6 is 0 Å². The molecule has 1 aliphatic carbocycles. The van der Waals surface area contributed by atoms with Crippen molar-refractivity contribution in [3.63, 3.8) is 0 Å². The van der Waals surface area contributed by atoms with Crippen LogP contribution in [0.4, 0.5) is 0 Å². The number of nitrogens with zero attached hydrogens (tertiary/aromatic N) is 3. The summed E-state index contributed by atoms with van der Waals surface area (Å²) in [5.41, 5.74) is 1.89. The van der Waals surface area contributed by atoms with E-state index in [4.69, 9.17) is 14.0 Å². The van der Waals surface area contributed by atoms with E-state index < -0.39 is 0 Å². The molecule has 0 N–H and O–H groups in total. The maximum absolute atomic E-state index is 12.9. The number of rotatable bonds is 9. The Morgan fingerprint density at radius 2 is 1.87 bits per heavy atom. The van der Waals surface area contributed by atoms with Crippen molar-refractivity contribution < 1.29 is 18.8 Å². The van der Waals surface area contributed by atoms with Crippen molar-refractivity contribution in [2.24, 2.45) is 5.92 Å². The van der Waals surface area contributed by atoms with Crippen LogP contribution in [0.15, 0.2) is 53.1 Å². The number of hydrogen-bond donors (Lipinski definition) is 0. The smallest absolute Gasteiger partial charge is 0.228 e. The van der Waals surface area contributed by atoms with Gasteiger partial charge in [0.15, 0.2) is 11.5 Å². The molecular weight excluding hydrogens is 394 g/mol. The first-order chi connectivity index (χ1) is 15.1. The summed E-state index contributed by atoms with van der Waals surface area (Å²) < 4.78 is 16.1. The van der Waals surface area contributed by atoms with E-state index in [1.807, 2.05) is 41.3 Å². The van der Waals surface area contributed by atoms with E-state index in [0.29, 0.717) is 36.2 Å². The van der Waals surface area contributed by atoms with Gasteiger partial charge in [0.05, 0.1) is 20.3 Å². The van der Waals surface area contributed by atoms with Gasteiger partial charge in [0.25, 0.3) is 0 Å². The molecule has 3 aromatic rings. The summed E-state index contributed by atoms with van der Waals surface area (Å²) in [6.45, 7) is 2.59. The van der Waals surface area contributed by atoms with Crippen LogP contribution in [0.5, 0.6) is 11.5 Å². The van der Waals surface area contributed by atoms with Crippen LogP contribution in [-0.4, -0.2) is 41.7 Å². The fraction of sp³-hybridized carbons (Fsp3) is 0.375. The number of carbonyl (C=O) groups excluding carboxylic acids is 1. The molecule has 7 heteroatoms. The van der Waals surface area contributed by atoms with E-state index in [-0.39, 0.29) is 17.9 Å². The third-order valence-corrected chi connectivity index (χ3v) is 5.64. The summed E-state index contributed by atoms with van der Waals surface area (Å²) in [6, 6.07) is 15.6. The third-order valence-electron chi connectivity index (χ3n) is 5.64. The van der Waals surface area contributed by atoms with Crippen LogP contribution in [0, 0.1) is 5.92 Å². The molecular formula is C24H27N3O4. The Morgan fingerprint density at radius 1 is 1.13 bits per heavy atom. The van der Waals surface area contributed by atoms with Crippen molar-refractivity contribution in [2.75, 3.05) is 20.8 Å². The molecule has 1 atom stereocenters.